The molecular formula is C23H28N4O3. The second kappa shape index (κ2) is 10.5. The Bertz CT molecular complexity index is 849. The molecule has 158 valence electrons. The first kappa shape index (κ1) is 21.5. The second-order valence-corrected chi connectivity index (χ2v) is 7.34. The number of rotatable bonds is 7. The van der Waals surface area contributed by atoms with Crippen LogP contribution in [-0.4, -0.2) is 67.3 Å². The van der Waals surface area contributed by atoms with Crippen molar-refractivity contribution >= 4 is 17.7 Å². The first-order valence-corrected chi connectivity index (χ1v) is 10.2. The molecule has 2 aromatic rings. The van der Waals surface area contributed by atoms with Gasteiger partial charge < -0.3 is 15.5 Å². The van der Waals surface area contributed by atoms with Gasteiger partial charge in [-0.2, -0.15) is 0 Å². The lowest BCUT2D eigenvalue weighted by molar-refractivity contribution is -0.133. The van der Waals surface area contributed by atoms with E-state index >= 15 is 0 Å². The van der Waals surface area contributed by atoms with Gasteiger partial charge in [0.2, 0.25) is 11.8 Å². The summed E-state index contributed by atoms with van der Waals surface area (Å²) in [4.78, 5) is 41.0. The van der Waals surface area contributed by atoms with Crippen molar-refractivity contribution in [2.24, 2.45) is 0 Å². The van der Waals surface area contributed by atoms with E-state index in [0.29, 0.717) is 38.3 Å². The van der Waals surface area contributed by atoms with E-state index in [1.165, 1.54) is 0 Å². The summed E-state index contributed by atoms with van der Waals surface area (Å²) >= 11 is 0. The Balaban J connectivity index is 1.63. The molecule has 0 saturated carbocycles. The molecule has 1 heterocycles. The van der Waals surface area contributed by atoms with E-state index in [9.17, 15) is 14.4 Å². The average molecular weight is 409 g/mol. The van der Waals surface area contributed by atoms with Crippen molar-refractivity contribution in [3.8, 4) is 0 Å². The molecule has 1 saturated heterocycles. The Morgan fingerprint density at radius 1 is 0.900 bits per heavy atom. The SMILES string of the molecule is CNC(=O)CN1CCN(C(=O)CC(NC(=O)c2ccccc2)c2ccccc2)CC1. The van der Waals surface area contributed by atoms with Crippen molar-refractivity contribution in [2.75, 3.05) is 39.8 Å². The van der Waals surface area contributed by atoms with Crippen molar-refractivity contribution < 1.29 is 14.4 Å². The fourth-order valence-corrected chi connectivity index (χ4v) is 3.51. The van der Waals surface area contributed by atoms with Gasteiger partial charge in [-0.05, 0) is 17.7 Å². The number of piperazine rings is 1. The zero-order valence-corrected chi connectivity index (χ0v) is 17.2. The molecule has 1 aliphatic rings. The van der Waals surface area contributed by atoms with Crippen LogP contribution in [0.4, 0.5) is 0 Å². The summed E-state index contributed by atoms with van der Waals surface area (Å²) in [6, 6.07) is 18.1. The molecule has 1 unspecified atom stereocenters. The van der Waals surface area contributed by atoms with Crippen LogP contribution >= 0.6 is 0 Å². The minimum atomic E-state index is -0.407. The predicted molar refractivity (Wildman–Crippen MR) is 115 cm³/mol. The van der Waals surface area contributed by atoms with E-state index in [1.54, 1.807) is 19.2 Å². The second-order valence-electron chi connectivity index (χ2n) is 7.34. The molecule has 2 aromatic carbocycles. The molecule has 2 N–H and O–H groups in total. The lowest BCUT2D eigenvalue weighted by Gasteiger charge is -2.35. The maximum absolute atomic E-state index is 13.0. The number of hydrogen-bond acceptors (Lipinski definition) is 4. The maximum Gasteiger partial charge on any atom is 0.251 e. The highest BCUT2D eigenvalue weighted by Crippen LogP contribution is 2.19. The van der Waals surface area contributed by atoms with Crippen molar-refractivity contribution in [3.05, 3.63) is 71.8 Å². The van der Waals surface area contributed by atoms with Crippen LogP contribution in [0.3, 0.4) is 0 Å². The summed E-state index contributed by atoms with van der Waals surface area (Å²) in [5, 5.41) is 5.63. The van der Waals surface area contributed by atoms with E-state index in [2.05, 4.69) is 10.6 Å². The normalized spacial score (nSPS) is 15.3. The van der Waals surface area contributed by atoms with Gasteiger partial charge >= 0.3 is 0 Å². The summed E-state index contributed by atoms with van der Waals surface area (Å²) in [7, 11) is 1.62. The summed E-state index contributed by atoms with van der Waals surface area (Å²) in [6.45, 7) is 2.81. The number of benzene rings is 2. The van der Waals surface area contributed by atoms with Gasteiger partial charge in [-0.25, -0.2) is 0 Å². The van der Waals surface area contributed by atoms with E-state index in [4.69, 9.17) is 0 Å². The number of amides is 3. The molecule has 1 aliphatic heterocycles. The first-order valence-electron chi connectivity index (χ1n) is 10.2. The van der Waals surface area contributed by atoms with Crippen LogP contribution in [0.25, 0.3) is 0 Å². The highest BCUT2D eigenvalue weighted by atomic mass is 16.2. The Kier molecular flexibility index (Phi) is 7.57. The Morgan fingerprint density at radius 3 is 2.10 bits per heavy atom. The molecule has 1 fully saturated rings. The Hall–Kier alpha value is -3.19. The maximum atomic E-state index is 13.0. The van der Waals surface area contributed by atoms with Gasteiger partial charge in [0.05, 0.1) is 19.0 Å². The van der Waals surface area contributed by atoms with Crippen molar-refractivity contribution in [1.29, 1.82) is 0 Å². The van der Waals surface area contributed by atoms with Gasteiger partial charge in [-0.3, -0.25) is 19.3 Å². The molecule has 3 amide bonds. The van der Waals surface area contributed by atoms with Crippen molar-refractivity contribution in [1.82, 2.24) is 20.4 Å². The van der Waals surface area contributed by atoms with E-state index < -0.39 is 6.04 Å². The van der Waals surface area contributed by atoms with Crippen LogP contribution in [-0.2, 0) is 9.59 Å². The van der Waals surface area contributed by atoms with Gasteiger partial charge in [0.15, 0.2) is 0 Å². The third-order valence-corrected chi connectivity index (χ3v) is 5.29. The third-order valence-electron chi connectivity index (χ3n) is 5.29. The molecule has 0 spiro atoms. The lowest BCUT2D eigenvalue weighted by atomic mass is 10.0. The number of hydrogen-bond donors (Lipinski definition) is 2. The van der Waals surface area contributed by atoms with Gasteiger partial charge in [-0.1, -0.05) is 48.5 Å². The third kappa shape index (κ3) is 5.90. The quantitative estimate of drug-likeness (QED) is 0.726. The van der Waals surface area contributed by atoms with E-state index in [1.807, 2.05) is 58.3 Å². The summed E-state index contributed by atoms with van der Waals surface area (Å²) in [5.41, 5.74) is 1.46. The van der Waals surface area contributed by atoms with Gasteiger partial charge in [0.1, 0.15) is 0 Å². The largest absolute Gasteiger partial charge is 0.358 e. The molecule has 7 heteroatoms. The van der Waals surface area contributed by atoms with Crippen LogP contribution in [0.15, 0.2) is 60.7 Å². The topological polar surface area (TPSA) is 81.8 Å². The van der Waals surface area contributed by atoms with Crippen molar-refractivity contribution in [2.45, 2.75) is 12.5 Å². The zero-order chi connectivity index (χ0) is 21.3. The first-order chi connectivity index (χ1) is 14.6. The minimum absolute atomic E-state index is 0.00296. The van der Waals surface area contributed by atoms with Crippen LogP contribution in [0, 0.1) is 0 Å². The molecule has 0 radical (unpaired) electrons. The fraction of sp³-hybridized carbons (Fsp3) is 0.348. The highest BCUT2D eigenvalue weighted by Gasteiger charge is 2.26. The monoisotopic (exact) mass is 408 g/mol. The molecule has 30 heavy (non-hydrogen) atoms. The predicted octanol–water partition coefficient (Wildman–Crippen LogP) is 1.44. The standard InChI is InChI=1S/C23H28N4O3/c1-24-21(28)17-26-12-14-27(15-13-26)22(29)16-20(18-8-4-2-5-9-18)25-23(30)19-10-6-3-7-11-19/h2-11,20H,12-17H2,1H3,(H,24,28)(H,25,30). The number of likely N-dealkylation sites (N-methyl/N-ethyl adjacent to an activating group) is 1. The molecule has 0 bridgehead atoms. The highest BCUT2D eigenvalue weighted by molar-refractivity contribution is 5.94. The molecule has 0 aliphatic carbocycles. The average Bonchev–Trinajstić information content (AvgIpc) is 2.80. The van der Waals surface area contributed by atoms with Crippen molar-refractivity contribution in [3.63, 3.8) is 0 Å². The summed E-state index contributed by atoms with van der Waals surface area (Å²) in [6.07, 6.45) is 0.192. The Morgan fingerprint density at radius 2 is 1.50 bits per heavy atom. The molecule has 7 nitrogen and oxygen atoms in total. The summed E-state index contributed by atoms with van der Waals surface area (Å²) < 4.78 is 0. The molecule has 0 aromatic heterocycles. The van der Waals surface area contributed by atoms with Crippen LogP contribution in [0.1, 0.15) is 28.4 Å². The lowest BCUT2D eigenvalue weighted by Crippen LogP contribution is -2.51. The number of nitrogens with one attached hydrogen (secondary N) is 2. The number of nitrogens with zero attached hydrogens (tertiary/aromatic N) is 2. The fourth-order valence-electron chi connectivity index (χ4n) is 3.51. The van der Waals surface area contributed by atoms with E-state index in [-0.39, 0.29) is 24.1 Å². The minimum Gasteiger partial charge on any atom is -0.358 e. The van der Waals surface area contributed by atoms with Gasteiger partial charge in [-0.15, -0.1) is 0 Å². The van der Waals surface area contributed by atoms with Crippen LogP contribution in [0.5, 0.6) is 0 Å². The molecular weight excluding hydrogens is 380 g/mol. The number of carbonyl (C=O) groups excluding carboxylic acids is 3. The van der Waals surface area contributed by atoms with Crippen LogP contribution < -0.4 is 10.6 Å². The van der Waals surface area contributed by atoms with Gasteiger partial charge in [0, 0.05) is 38.8 Å². The molecule has 3 rings (SSSR count). The van der Waals surface area contributed by atoms with E-state index in [0.717, 1.165) is 5.56 Å². The smallest absolute Gasteiger partial charge is 0.251 e. The summed E-state index contributed by atoms with van der Waals surface area (Å²) in [5.74, 6) is -0.230. The molecule has 1 atom stereocenters. The number of carbonyl (C=O) groups is 3. The van der Waals surface area contributed by atoms with Crippen LogP contribution in [0.2, 0.25) is 0 Å². The van der Waals surface area contributed by atoms with Gasteiger partial charge in [0.25, 0.3) is 5.91 Å². The zero-order valence-electron chi connectivity index (χ0n) is 17.2. The Labute approximate surface area is 177 Å².